The van der Waals surface area contributed by atoms with Crippen LogP contribution in [0.4, 0.5) is 0 Å². The van der Waals surface area contributed by atoms with E-state index in [1.54, 1.807) is 18.2 Å². The van der Waals surface area contributed by atoms with E-state index in [9.17, 15) is 8.42 Å². The Labute approximate surface area is 142 Å². The first-order valence-corrected chi connectivity index (χ1v) is 9.84. The van der Waals surface area contributed by atoms with Crippen molar-refractivity contribution in [2.75, 3.05) is 0 Å². The highest BCUT2D eigenvalue weighted by Gasteiger charge is 2.23. The summed E-state index contributed by atoms with van der Waals surface area (Å²) >= 11 is 10.5. The summed E-state index contributed by atoms with van der Waals surface area (Å²) in [4.78, 5) is 0. The molecule has 0 saturated carbocycles. The summed E-state index contributed by atoms with van der Waals surface area (Å²) in [5.74, 6) is 0. The van der Waals surface area contributed by atoms with Gasteiger partial charge in [0.2, 0.25) is 0 Å². The fourth-order valence-electron chi connectivity index (χ4n) is 1.92. The third kappa shape index (κ3) is 4.07. The van der Waals surface area contributed by atoms with Gasteiger partial charge >= 0.3 is 0 Å². The number of thiophene rings is 1. The van der Waals surface area contributed by atoms with Crippen LogP contribution in [0.2, 0.25) is 5.02 Å². The van der Waals surface area contributed by atoms with Crippen molar-refractivity contribution in [1.82, 2.24) is 4.72 Å². The smallest absolute Gasteiger partial charge is 0.206 e. The SMILES string of the molecule is CCC(NS(=O)(=O)c1cc(C)c(Br)s1)c1cccc(Cl)c1. The molecule has 0 fully saturated rings. The van der Waals surface area contributed by atoms with Crippen LogP contribution in [0.5, 0.6) is 0 Å². The lowest BCUT2D eigenvalue weighted by atomic mass is 10.1. The molecule has 2 aromatic rings. The molecule has 0 aliphatic heterocycles. The Kier molecular flexibility index (Phi) is 5.48. The van der Waals surface area contributed by atoms with Crippen LogP contribution >= 0.6 is 38.9 Å². The van der Waals surface area contributed by atoms with Crippen LogP contribution in [0, 0.1) is 6.92 Å². The zero-order chi connectivity index (χ0) is 15.6. The summed E-state index contributed by atoms with van der Waals surface area (Å²) in [5.41, 5.74) is 1.78. The van der Waals surface area contributed by atoms with Crippen molar-refractivity contribution in [2.24, 2.45) is 0 Å². The zero-order valence-corrected chi connectivity index (χ0v) is 15.5. The van der Waals surface area contributed by atoms with Crippen LogP contribution in [0.15, 0.2) is 38.3 Å². The van der Waals surface area contributed by atoms with Crippen molar-refractivity contribution < 1.29 is 8.42 Å². The van der Waals surface area contributed by atoms with Crippen molar-refractivity contribution in [3.63, 3.8) is 0 Å². The van der Waals surface area contributed by atoms with Crippen LogP contribution in [-0.4, -0.2) is 8.42 Å². The molecule has 0 aliphatic rings. The molecule has 0 bridgehead atoms. The standard InChI is InChI=1S/C14H15BrClNO2S2/c1-3-12(10-5-4-6-11(16)8-10)17-21(18,19)13-7-9(2)14(15)20-13/h4-8,12,17H,3H2,1-2H3. The van der Waals surface area contributed by atoms with Gasteiger partial charge in [0.1, 0.15) is 4.21 Å². The van der Waals surface area contributed by atoms with E-state index in [1.165, 1.54) is 11.3 Å². The highest BCUT2D eigenvalue weighted by molar-refractivity contribution is 9.11. The molecule has 3 nitrogen and oxygen atoms in total. The molecule has 1 unspecified atom stereocenters. The van der Waals surface area contributed by atoms with Gasteiger partial charge in [-0.25, -0.2) is 13.1 Å². The Bertz CT molecular complexity index is 724. The molecule has 1 N–H and O–H groups in total. The maximum Gasteiger partial charge on any atom is 0.250 e. The fraction of sp³-hybridized carbons (Fsp3) is 0.286. The molecule has 114 valence electrons. The Morgan fingerprint density at radius 1 is 1.38 bits per heavy atom. The lowest BCUT2D eigenvalue weighted by Gasteiger charge is -2.17. The van der Waals surface area contributed by atoms with Gasteiger partial charge in [-0.2, -0.15) is 0 Å². The lowest BCUT2D eigenvalue weighted by Crippen LogP contribution is -2.27. The molecule has 1 aromatic carbocycles. The van der Waals surface area contributed by atoms with E-state index in [0.717, 1.165) is 14.9 Å². The van der Waals surface area contributed by atoms with Gasteiger partial charge in [-0.15, -0.1) is 11.3 Å². The summed E-state index contributed by atoms with van der Waals surface area (Å²) in [7, 11) is -3.54. The minimum Gasteiger partial charge on any atom is -0.206 e. The molecule has 0 amide bonds. The van der Waals surface area contributed by atoms with E-state index >= 15 is 0 Å². The number of hydrogen-bond acceptors (Lipinski definition) is 3. The first-order chi connectivity index (χ1) is 9.83. The number of aryl methyl sites for hydroxylation is 1. The van der Waals surface area contributed by atoms with Gasteiger partial charge in [-0.05, 0) is 58.6 Å². The highest BCUT2D eigenvalue weighted by atomic mass is 79.9. The Balaban J connectivity index is 2.29. The minimum absolute atomic E-state index is 0.296. The third-order valence-electron chi connectivity index (χ3n) is 3.06. The molecule has 0 aliphatic carbocycles. The second-order valence-electron chi connectivity index (χ2n) is 4.66. The van der Waals surface area contributed by atoms with Crippen LogP contribution < -0.4 is 4.72 Å². The van der Waals surface area contributed by atoms with Gasteiger partial charge in [0, 0.05) is 11.1 Å². The van der Waals surface area contributed by atoms with Gasteiger partial charge in [-0.1, -0.05) is 30.7 Å². The maximum absolute atomic E-state index is 12.5. The lowest BCUT2D eigenvalue weighted by molar-refractivity contribution is 0.552. The number of hydrogen-bond donors (Lipinski definition) is 1. The molecular weight excluding hydrogens is 394 g/mol. The average molecular weight is 409 g/mol. The second-order valence-corrected chi connectivity index (χ2v) is 9.41. The van der Waals surface area contributed by atoms with Crippen LogP contribution in [0.1, 0.15) is 30.5 Å². The zero-order valence-electron chi connectivity index (χ0n) is 11.6. The van der Waals surface area contributed by atoms with E-state index < -0.39 is 10.0 Å². The van der Waals surface area contributed by atoms with E-state index in [-0.39, 0.29) is 6.04 Å². The summed E-state index contributed by atoms with van der Waals surface area (Å²) < 4.78 is 28.8. The van der Waals surface area contributed by atoms with E-state index in [0.29, 0.717) is 15.7 Å². The van der Waals surface area contributed by atoms with Gasteiger partial charge in [0.05, 0.1) is 3.79 Å². The van der Waals surface area contributed by atoms with Crippen molar-refractivity contribution in [1.29, 1.82) is 0 Å². The van der Waals surface area contributed by atoms with Crippen LogP contribution in [-0.2, 0) is 10.0 Å². The molecule has 7 heteroatoms. The van der Waals surface area contributed by atoms with E-state index in [4.69, 9.17) is 11.6 Å². The van der Waals surface area contributed by atoms with Gasteiger partial charge in [-0.3, -0.25) is 0 Å². The van der Waals surface area contributed by atoms with Gasteiger partial charge < -0.3 is 0 Å². The summed E-state index contributed by atoms with van der Waals surface area (Å²) in [6.45, 7) is 3.80. The van der Waals surface area contributed by atoms with Crippen molar-refractivity contribution >= 4 is 48.9 Å². The molecule has 1 atom stereocenters. The first kappa shape index (κ1) is 17.0. The third-order valence-corrected chi connectivity index (χ3v) is 7.37. The van der Waals surface area contributed by atoms with E-state index in [2.05, 4.69) is 20.7 Å². The van der Waals surface area contributed by atoms with Crippen molar-refractivity contribution in [3.05, 3.63) is 50.3 Å². The monoisotopic (exact) mass is 407 g/mol. The quantitative estimate of drug-likeness (QED) is 0.764. The molecule has 0 spiro atoms. The first-order valence-electron chi connectivity index (χ1n) is 6.37. The molecular formula is C14H15BrClNO2S2. The van der Waals surface area contributed by atoms with Crippen molar-refractivity contribution in [2.45, 2.75) is 30.5 Å². The molecule has 21 heavy (non-hydrogen) atoms. The topological polar surface area (TPSA) is 46.2 Å². The Morgan fingerprint density at radius 2 is 2.10 bits per heavy atom. The van der Waals surface area contributed by atoms with Crippen LogP contribution in [0.25, 0.3) is 0 Å². The fourth-order valence-corrected chi connectivity index (χ4v) is 5.67. The number of benzene rings is 1. The number of rotatable bonds is 5. The minimum atomic E-state index is -3.54. The summed E-state index contributed by atoms with van der Waals surface area (Å²) in [6.07, 6.45) is 0.644. The average Bonchev–Trinajstić information content (AvgIpc) is 2.77. The molecule has 2 rings (SSSR count). The summed E-state index contributed by atoms with van der Waals surface area (Å²) in [5, 5.41) is 0.597. The predicted octanol–water partition coefficient (Wildman–Crippen LogP) is 4.90. The predicted molar refractivity (Wildman–Crippen MR) is 91.6 cm³/mol. The molecule has 1 aromatic heterocycles. The molecule has 0 saturated heterocycles. The van der Waals surface area contributed by atoms with Crippen LogP contribution in [0.3, 0.4) is 0 Å². The number of sulfonamides is 1. The molecule has 0 radical (unpaired) electrons. The highest BCUT2D eigenvalue weighted by Crippen LogP contribution is 2.31. The maximum atomic E-state index is 12.5. The van der Waals surface area contributed by atoms with Gasteiger partial charge in [0.25, 0.3) is 10.0 Å². The second kappa shape index (κ2) is 6.79. The largest absolute Gasteiger partial charge is 0.250 e. The number of halogens is 2. The van der Waals surface area contributed by atoms with Gasteiger partial charge in [0.15, 0.2) is 0 Å². The Morgan fingerprint density at radius 3 is 2.62 bits per heavy atom. The van der Waals surface area contributed by atoms with Crippen molar-refractivity contribution in [3.8, 4) is 0 Å². The van der Waals surface area contributed by atoms with E-state index in [1.807, 2.05) is 26.0 Å². The number of nitrogens with one attached hydrogen (secondary N) is 1. The normalized spacial score (nSPS) is 13.3. The molecule has 1 heterocycles. The Hall–Kier alpha value is -0.400. The summed E-state index contributed by atoms with van der Waals surface area (Å²) in [6, 6.07) is 8.62.